The summed E-state index contributed by atoms with van der Waals surface area (Å²) in [4.78, 5) is 2.62. The Kier molecular flexibility index (Phi) is 5.26. The molecular formula is C14H28N2O. The highest BCUT2D eigenvalue weighted by Gasteiger charge is 2.27. The van der Waals surface area contributed by atoms with Gasteiger partial charge in [-0.05, 0) is 58.7 Å². The van der Waals surface area contributed by atoms with Gasteiger partial charge in [0.25, 0.3) is 0 Å². The predicted octanol–water partition coefficient (Wildman–Crippen LogP) is 2.02. The Morgan fingerprint density at radius 3 is 2.82 bits per heavy atom. The maximum absolute atomic E-state index is 5.62. The third-order valence-corrected chi connectivity index (χ3v) is 4.19. The van der Waals surface area contributed by atoms with E-state index in [1.54, 1.807) is 0 Å². The van der Waals surface area contributed by atoms with Crippen LogP contribution in [0.1, 0.15) is 46.0 Å². The van der Waals surface area contributed by atoms with Gasteiger partial charge in [0.2, 0.25) is 0 Å². The van der Waals surface area contributed by atoms with Crippen molar-refractivity contribution in [3.63, 3.8) is 0 Å². The number of likely N-dealkylation sites (tertiary alicyclic amines) is 1. The van der Waals surface area contributed by atoms with Crippen LogP contribution >= 0.6 is 0 Å². The van der Waals surface area contributed by atoms with Crippen molar-refractivity contribution in [3.8, 4) is 0 Å². The van der Waals surface area contributed by atoms with Gasteiger partial charge < -0.3 is 15.0 Å². The van der Waals surface area contributed by atoms with Crippen molar-refractivity contribution in [3.05, 3.63) is 0 Å². The Morgan fingerprint density at radius 1 is 1.24 bits per heavy atom. The molecule has 0 aromatic heterocycles. The summed E-state index contributed by atoms with van der Waals surface area (Å²) in [5.41, 5.74) is 0. The van der Waals surface area contributed by atoms with Crippen molar-refractivity contribution < 1.29 is 4.74 Å². The Bertz CT molecular complexity index is 222. The molecule has 0 saturated carbocycles. The van der Waals surface area contributed by atoms with Crippen molar-refractivity contribution in [1.82, 2.24) is 10.2 Å². The van der Waals surface area contributed by atoms with Crippen molar-refractivity contribution in [2.75, 3.05) is 26.2 Å². The van der Waals surface area contributed by atoms with E-state index in [-0.39, 0.29) is 0 Å². The van der Waals surface area contributed by atoms with Crippen LogP contribution < -0.4 is 5.32 Å². The molecule has 2 heterocycles. The number of rotatable bonds is 4. The second-order valence-corrected chi connectivity index (χ2v) is 5.61. The minimum absolute atomic E-state index is 0.407. The molecule has 2 saturated heterocycles. The first-order chi connectivity index (χ1) is 8.29. The Morgan fingerprint density at radius 2 is 2.12 bits per heavy atom. The van der Waals surface area contributed by atoms with Crippen LogP contribution in [-0.4, -0.2) is 49.3 Å². The summed E-state index contributed by atoms with van der Waals surface area (Å²) in [6.45, 7) is 9.25. The molecule has 3 atom stereocenters. The highest BCUT2D eigenvalue weighted by Crippen LogP contribution is 2.17. The van der Waals surface area contributed by atoms with Gasteiger partial charge in [0.15, 0.2) is 0 Å². The molecule has 1 N–H and O–H groups in total. The molecule has 0 amide bonds. The Hall–Kier alpha value is -0.120. The molecular weight excluding hydrogens is 212 g/mol. The van der Waals surface area contributed by atoms with Gasteiger partial charge in [-0.2, -0.15) is 0 Å². The molecule has 3 nitrogen and oxygen atoms in total. The first-order valence-electron chi connectivity index (χ1n) is 7.39. The van der Waals surface area contributed by atoms with E-state index in [0.29, 0.717) is 18.2 Å². The molecule has 2 fully saturated rings. The topological polar surface area (TPSA) is 24.5 Å². The second kappa shape index (κ2) is 6.72. The lowest BCUT2D eigenvalue weighted by Crippen LogP contribution is -2.42. The SMILES string of the molecule is CCCN1CCCC(NC2CCOC2C)CC1. The Balaban J connectivity index is 1.74. The van der Waals surface area contributed by atoms with Crippen LogP contribution in [0.2, 0.25) is 0 Å². The summed E-state index contributed by atoms with van der Waals surface area (Å²) in [6.07, 6.45) is 6.87. The van der Waals surface area contributed by atoms with Crippen molar-refractivity contribution >= 4 is 0 Å². The number of ether oxygens (including phenoxy) is 1. The van der Waals surface area contributed by atoms with Crippen LogP contribution in [0, 0.1) is 0 Å². The van der Waals surface area contributed by atoms with Gasteiger partial charge in [0, 0.05) is 18.7 Å². The maximum Gasteiger partial charge on any atom is 0.0700 e. The minimum atomic E-state index is 0.407. The standard InChI is InChI=1S/C14H28N2O/c1-3-8-16-9-4-5-13(6-10-16)15-14-7-11-17-12(14)2/h12-15H,3-11H2,1-2H3. The highest BCUT2D eigenvalue weighted by atomic mass is 16.5. The zero-order valence-corrected chi connectivity index (χ0v) is 11.5. The average molecular weight is 240 g/mol. The molecule has 17 heavy (non-hydrogen) atoms. The molecule has 0 aromatic rings. The van der Waals surface area contributed by atoms with E-state index < -0.39 is 0 Å². The van der Waals surface area contributed by atoms with Crippen molar-refractivity contribution in [1.29, 1.82) is 0 Å². The molecule has 3 heteroatoms. The number of nitrogens with zero attached hydrogens (tertiary/aromatic N) is 1. The third-order valence-electron chi connectivity index (χ3n) is 4.19. The Labute approximate surface area is 106 Å². The molecule has 2 rings (SSSR count). The summed E-state index contributed by atoms with van der Waals surface area (Å²) < 4.78 is 5.62. The van der Waals surface area contributed by atoms with E-state index in [2.05, 4.69) is 24.1 Å². The van der Waals surface area contributed by atoms with Gasteiger partial charge >= 0.3 is 0 Å². The van der Waals surface area contributed by atoms with Gasteiger partial charge in [-0.15, -0.1) is 0 Å². The van der Waals surface area contributed by atoms with Crippen LogP contribution in [0.15, 0.2) is 0 Å². The quantitative estimate of drug-likeness (QED) is 0.813. The molecule has 100 valence electrons. The van der Waals surface area contributed by atoms with Crippen LogP contribution in [0.25, 0.3) is 0 Å². The molecule has 0 spiro atoms. The lowest BCUT2D eigenvalue weighted by molar-refractivity contribution is 0.110. The van der Waals surface area contributed by atoms with E-state index in [9.17, 15) is 0 Å². The second-order valence-electron chi connectivity index (χ2n) is 5.61. The first-order valence-corrected chi connectivity index (χ1v) is 7.39. The van der Waals surface area contributed by atoms with Crippen LogP contribution in [0.5, 0.6) is 0 Å². The summed E-state index contributed by atoms with van der Waals surface area (Å²) in [6, 6.07) is 1.31. The fraction of sp³-hybridized carbons (Fsp3) is 1.00. The van der Waals surface area contributed by atoms with Gasteiger partial charge in [-0.1, -0.05) is 6.92 Å². The average Bonchev–Trinajstić information content (AvgIpc) is 2.59. The van der Waals surface area contributed by atoms with Crippen LogP contribution in [0.4, 0.5) is 0 Å². The molecule has 2 aliphatic rings. The fourth-order valence-corrected chi connectivity index (χ4v) is 3.12. The third kappa shape index (κ3) is 3.94. The van der Waals surface area contributed by atoms with E-state index in [4.69, 9.17) is 4.74 Å². The van der Waals surface area contributed by atoms with Crippen molar-refractivity contribution in [2.45, 2.75) is 64.1 Å². The number of hydrogen-bond acceptors (Lipinski definition) is 3. The normalized spacial score (nSPS) is 36.0. The summed E-state index contributed by atoms with van der Waals surface area (Å²) >= 11 is 0. The van der Waals surface area contributed by atoms with E-state index in [0.717, 1.165) is 6.61 Å². The number of hydrogen-bond donors (Lipinski definition) is 1. The minimum Gasteiger partial charge on any atom is -0.377 e. The predicted molar refractivity (Wildman–Crippen MR) is 71.3 cm³/mol. The lowest BCUT2D eigenvalue weighted by Gasteiger charge is -2.24. The molecule has 0 radical (unpaired) electrons. The molecule has 0 bridgehead atoms. The maximum atomic E-state index is 5.62. The molecule has 0 aromatic carbocycles. The molecule has 2 aliphatic heterocycles. The lowest BCUT2D eigenvalue weighted by atomic mass is 10.1. The fourth-order valence-electron chi connectivity index (χ4n) is 3.12. The summed E-state index contributed by atoms with van der Waals surface area (Å²) in [5.74, 6) is 0. The van der Waals surface area contributed by atoms with Crippen LogP contribution in [0.3, 0.4) is 0 Å². The highest BCUT2D eigenvalue weighted by molar-refractivity contribution is 4.84. The zero-order chi connectivity index (χ0) is 12.1. The van der Waals surface area contributed by atoms with Gasteiger partial charge in [-0.25, -0.2) is 0 Å². The van der Waals surface area contributed by atoms with E-state index in [1.807, 2.05) is 0 Å². The largest absolute Gasteiger partial charge is 0.377 e. The van der Waals surface area contributed by atoms with Crippen LogP contribution in [-0.2, 0) is 4.74 Å². The van der Waals surface area contributed by atoms with Gasteiger partial charge in [-0.3, -0.25) is 0 Å². The zero-order valence-electron chi connectivity index (χ0n) is 11.5. The summed E-state index contributed by atoms with van der Waals surface area (Å²) in [7, 11) is 0. The van der Waals surface area contributed by atoms with Gasteiger partial charge in [0.05, 0.1) is 6.10 Å². The number of nitrogens with one attached hydrogen (secondary N) is 1. The van der Waals surface area contributed by atoms with Crippen molar-refractivity contribution in [2.24, 2.45) is 0 Å². The molecule has 3 unspecified atom stereocenters. The van der Waals surface area contributed by atoms with E-state index >= 15 is 0 Å². The summed E-state index contributed by atoms with van der Waals surface area (Å²) in [5, 5.41) is 3.82. The first kappa shape index (κ1) is 13.3. The van der Waals surface area contributed by atoms with Gasteiger partial charge in [0.1, 0.15) is 0 Å². The molecule has 0 aliphatic carbocycles. The van der Waals surface area contributed by atoms with E-state index in [1.165, 1.54) is 51.7 Å². The monoisotopic (exact) mass is 240 g/mol. The smallest absolute Gasteiger partial charge is 0.0700 e.